The van der Waals surface area contributed by atoms with Crippen molar-refractivity contribution in [3.8, 4) is 0 Å². The number of nitrogens with zero attached hydrogens (tertiary/aromatic N) is 1. The van der Waals surface area contributed by atoms with Gasteiger partial charge in [0.05, 0.1) is 19.1 Å². The molecule has 0 bridgehead atoms. The average Bonchev–Trinajstić information content (AvgIpc) is 2.34. The topological polar surface area (TPSA) is 78.9 Å². The molecule has 0 aliphatic heterocycles. The van der Waals surface area contributed by atoms with Gasteiger partial charge >= 0.3 is 12.0 Å². The average molecular weight is 258 g/mol. The van der Waals surface area contributed by atoms with Gasteiger partial charge in [-0.15, -0.1) is 6.58 Å². The number of carboxylic acids is 1. The fraction of sp³-hybridized carbons (Fsp3) is 0.667. The van der Waals surface area contributed by atoms with E-state index < -0.39 is 11.9 Å². The Hall–Kier alpha value is -1.56. The number of rotatable bonds is 9. The van der Waals surface area contributed by atoms with Gasteiger partial charge < -0.3 is 20.1 Å². The Labute approximate surface area is 108 Å². The van der Waals surface area contributed by atoms with Crippen LogP contribution < -0.4 is 5.32 Å². The molecule has 0 rings (SSSR count). The number of carboxylic acid groups (broad SMARTS) is 1. The van der Waals surface area contributed by atoms with Gasteiger partial charge in [-0.1, -0.05) is 13.0 Å². The lowest BCUT2D eigenvalue weighted by Gasteiger charge is -2.23. The minimum absolute atomic E-state index is 0.200. The summed E-state index contributed by atoms with van der Waals surface area (Å²) in [5, 5.41) is 11.5. The van der Waals surface area contributed by atoms with Crippen molar-refractivity contribution >= 4 is 12.0 Å². The Morgan fingerprint density at radius 3 is 2.72 bits per heavy atom. The number of amides is 2. The van der Waals surface area contributed by atoms with E-state index in [1.807, 2.05) is 6.92 Å². The SMILES string of the molecule is C=CCOCCNC(=O)N(CC)CC(C)C(=O)O. The molecule has 18 heavy (non-hydrogen) atoms. The van der Waals surface area contributed by atoms with E-state index in [1.165, 1.54) is 4.90 Å². The lowest BCUT2D eigenvalue weighted by atomic mass is 10.2. The van der Waals surface area contributed by atoms with Crippen molar-refractivity contribution in [1.29, 1.82) is 0 Å². The molecule has 6 nitrogen and oxygen atoms in total. The molecule has 0 saturated heterocycles. The molecule has 0 aromatic heterocycles. The molecule has 0 saturated carbocycles. The van der Waals surface area contributed by atoms with E-state index in [1.54, 1.807) is 13.0 Å². The third-order valence-electron chi connectivity index (χ3n) is 2.34. The van der Waals surface area contributed by atoms with Crippen LogP contribution in [0.2, 0.25) is 0 Å². The van der Waals surface area contributed by atoms with E-state index in [-0.39, 0.29) is 12.6 Å². The molecule has 1 unspecified atom stereocenters. The summed E-state index contributed by atoms with van der Waals surface area (Å²) in [6.45, 7) is 8.81. The third-order valence-corrected chi connectivity index (χ3v) is 2.34. The third kappa shape index (κ3) is 6.90. The number of carbonyl (C=O) groups is 2. The maximum absolute atomic E-state index is 11.7. The van der Waals surface area contributed by atoms with Crippen LogP contribution in [0.5, 0.6) is 0 Å². The van der Waals surface area contributed by atoms with Gasteiger partial charge in [-0.2, -0.15) is 0 Å². The summed E-state index contributed by atoms with van der Waals surface area (Å²) in [4.78, 5) is 23.9. The largest absolute Gasteiger partial charge is 0.481 e. The second kappa shape index (κ2) is 9.47. The predicted octanol–water partition coefficient (Wildman–Crippen LogP) is 0.941. The lowest BCUT2D eigenvalue weighted by molar-refractivity contribution is -0.141. The molecule has 0 spiro atoms. The first-order chi connectivity index (χ1) is 8.52. The van der Waals surface area contributed by atoms with Crippen LogP contribution in [0.25, 0.3) is 0 Å². The van der Waals surface area contributed by atoms with Crippen LogP contribution in [-0.2, 0) is 9.53 Å². The number of hydrogen-bond acceptors (Lipinski definition) is 3. The summed E-state index contributed by atoms with van der Waals surface area (Å²) in [5.74, 6) is -1.48. The monoisotopic (exact) mass is 258 g/mol. The van der Waals surface area contributed by atoms with E-state index in [9.17, 15) is 9.59 Å². The van der Waals surface area contributed by atoms with E-state index in [4.69, 9.17) is 9.84 Å². The Balaban J connectivity index is 3.95. The Kier molecular flexibility index (Phi) is 8.65. The molecule has 0 fully saturated rings. The lowest BCUT2D eigenvalue weighted by Crippen LogP contribution is -2.44. The van der Waals surface area contributed by atoms with Gasteiger partial charge in [-0.05, 0) is 6.92 Å². The predicted molar refractivity (Wildman–Crippen MR) is 68.5 cm³/mol. The van der Waals surface area contributed by atoms with Gasteiger partial charge in [0.25, 0.3) is 0 Å². The quantitative estimate of drug-likeness (QED) is 0.476. The fourth-order valence-corrected chi connectivity index (χ4v) is 1.27. The number of aliphatic carboxylic acids is 1. The van der Waals surface area contributed by atoms with Crippen molar-refractivity contribution < 1.29 is 19.4 Å². The zero-order valence-corrected chi connectivity index (χ0v) is 11.0. The summed E-state index contributed by atoms with van der Waals surface area (Å²) >= 11 is 0. The van der Waals surface area contributed by atoms with E-state index in [0.29, 0.717) is 26.3 Å². The minimum Gasteiger partial charge on any atom is -0.481 e. The molecule has 0 heterocycles. The molecule has 0 aromatic carbocycles. The molecule has 0 aliphatic rings. The van der Waals surface area contributed by atoms with Gasteiger partial charge in [-0.25, -0.2) is 4.79 Å². The van der Waals surface area contributed by atoms with Crippen LogP contribution in [0.1, 0.15) is 13.8 Å². The van der Waals surface area contributed by atoms with Crippen LogP contribution in [0.4, 0.5) is 4.79 Å². The van der Waals surface area contributed by atoms with Crippen LogP contribution in [0.3, 0.4) is 0 Å². The van der Waals surface area contributed by atoms with Crippen molar-refractivity contribution in [3.05, 3.63) is 12.7 Å². The number of hydrogen-bond donors (Lipinski definition) is 2. The Morgan fingerprint density at radius 2 is 2.22 bits per heavy atom. The molecule has 2 N–H and O–H groups in total. The molecule has 1 atom stereocenters. The highest BCUT2D eigenvalue weighted by molar-refractivity contribution is 5.75. The molecule has 104 valence electrons. The van der Waals surface area contributed by atoms with Gasteiger partial charge in [-0.3, -0.25) is 4.79 Å². The fourth-order valence-electron chi connectivity index (χ4n) is 1.27. The highest BCUT2D eigenvalue weighted by Gasteiger charge is 2.18. The first-order valence-corrected chi connectivity index (χ1v) is 5.97. The van der Waals surface area contributed by atoms with E-state index in [0.717, 1.165) is 0 Å². The number of carbonyl (C=O) groups excluding carboxylic acids is 1. The second-order valence-electron chi connectivity index (χ2n) is 3.87. The van der Waals surface area contributed by atoms with Gasteiger partial charge in [0.2, 0.25) is 0 Å². The number of nitrogens with one attached hydrogen (secondary N) is 1. The van der Waals surface area contributed by atoms with Crippen LogP contribution >= 0.6 is 0 Å². The highest BCUT2D eigenvalue weighted by atomic mass is 16.5. The van der Waals surface area contributed by atoms with Crippen LogP contribution in [0, 0.1) is 5.92 Å². The normalized spacial score (nSPS) is 11.7. The van der Waals surface area contributed by atoms with Crippen molar-refractivity contribution in [1.82, 2.24) is 10.2 Å². The van der Waals surface area contributed by atoms with Crippen molar-refractivity contribution in [2.24, 2.45) is 5.92 Å². The number of ether oxygens (including phenoxy) is 1. The van der Waals surface area contributed by atoms with Gasteiger partial charge in [0.1, 0.15) is 0 Å². The van der Waals surface area contributed by atoms with Gasteiger partial charge in [0, 0.05) is 19.6 Å². The summed E-state index contributed by atoms with van der Waals surface area (Å²) < 4.78 is 5.12. The number of urea groups is 1. The van der Waals surface area contributed by atoms with Crippen molar-refractivity contribution in [2.45, 2.75) is 13.8 Å². The van der Waals surface area contributed by atoms with E-state index >= 15 is 0 Å². The minimum atomic E-state index is -0.907. The summed E-state index contributed by atoms with van der Waals surface area (Å²) in [6, 6.07) is -0.271. The molecule has 6 heteroatoms. The molecule has 0 aromatic rings. The summed E-state index contributed by atoms with van der Waals surface area (Å²) in [6.07, 6.45) is 1.63. The summed E-state index contributed by atoms with van der Waals surface area (Å²) in [7, 11) is 0. The zero-order chi connectivity index (χ0) is 14.0. The van der Waals surface area contributed by atoms with Crippen molar-refractivity contribution in [3.63, 3.8) is 0 Å². The Bertz CT molecular complexity index is 281. The first-order valence-electron chi connectivity index (χ1n) is 5.97. The van der Waals surface area contributed by atoms with E-state index in [2.05, 4.69) is 11.9 Å². The molecule has 0 radical (unpaired) electrons. The molecule has 0 aliphatic carbocycles. The van der Waals surface area contributed by atoms with Crippen LogP contribution in [0.15, 0.2) is 12.7 Å². The zero-order valence-electron chi connectivity index (χ0n) is 11.0. The first kappa shape index (κ1) is 16.4. The van der Waals surface area contributed by atoms with Gasteiger partial charge in [0.15, 0.2) is 0 Å². The van der Waals surface area contributed by atoms with Crippen LogP contribution in [-0.4, -0.2) is 54.9 Å². The standard InChI is InChI=1S/C12H22N2O4/c1-4-7-18-8-6-13-12(17)14(5-2)9-10(3)11(15)16/h4,10H,1,5-9H2,2-3H3,(H,13,17)(H,15,16). The Morgan fingerprint density at radius 1 is 1.56 bits per heavy atom. The maximum atomic E-state index is 11.7. The molecular formula is C12H22N2O4. The molecule has 2 amide bonds. The summed E-state index contributed by atoms with van der Waals surface area (Å²) in [5.41, 5.74) is 0. The van der Waals surface area contributed by atoms with Crippen molar-refractivity contribution in [2.75, 3.05) is 32.8 Å². The smallest absolute Gasteiger partial charge is 0.317 e. The highest BCUT2D eigenvalue weighted by Crippen LogP contribution is 2.00. The second-order valence-corrected chi connectivity index (χ2v) is 3.87. The maximum Gasteiger partial charge on any atom is 0.317 e. The molecular weight excluding hydrogens is 236 g/mol.